The van der Waals surface area contributed by atoms with Gasteiger partial charge in [-0.15, -0.1) is 11.3 Å². The van der Waals surface area contributed by atoms with Crippen LogP contribution in [-0.2, 0) is 26.0 Å². The Bertz CT molecular complexity index is 799. The van der Waals surface area contributed by atoms with E-state index < -0.39 is 21.9 Å². The van der Waals surface area contributed by atoms with E-state index in [0.717, 1.165) is 5.56 Å². The molecule has 1 amide bonds. The van der Waals surface area contributed by atoms with Crippen LogP contribution in [0, 0.1) is 0 Å². The van der Waals surface area contributed by atoms with Crippen LogP contribution in [-0.4, -0.2) is 33.4 Å². The summed E-state index contributed by atoms with van der Waals surface area (Å²) in [7, 11) is -3.71. The van der Waals surface area contributed by atoms with Crippen LogP contribution in [0.2, 0.25) is 0 Å². The average molecular weight is 368 g/mol. The van der Waals surface area contributed by atoms with Crippen molar-refractivity contribution in [3.63, 3.8) is 0 Å². The van der Waals surface area contributed by atoms with Crippen molar-refractivity contribution in [1.29, 1.82) is 0 Å². The number of hydrogen-bond acceptors (Lipinski definition) is 6. The number of hydrogen-bond donors (Lipinski definition) is 2. The fourth-order valence-corrected chi connectivity index (χ4v) is 2.97. The van der Waals surface area contributed by atoms with Gasteiger partial charge in [0.25, 0.3) is 5.91 Å². The Hall–Kier alpha value is -2.23. The van der Waals surface area contributed by atoms with E-state index in [1.165, 1.54) is 23.5 Å². The first kappa shape index (κ1) is 18.1. The zero-order chi connectivity index (χ0) is 17.6. The van der Waals surface area contributed by atoms with Gasteiger partial charge in [0.1, 0.15) is 4.88 Å². The highest BCUT2D eigenvalue weighted by atomic mass is 32.2. The molecule has 7 nitrogen and oxygen atoms in total. The summed E-state index contributed by atoms with van der Waals surface area (Å²) in [4.78, 5) is 23.7. The molecule has 24 heavy (non-hydrogen) atoms. The molecule has 0 saturated heterocycles. The quantitative estimate of drug-likeness (QED) is 0.705. The number of carbonyl (C=O) groups is 2. The van der Waals surface area contributed by atoms with Gasteiger partial charge in [0.15, 0.2) is 6.61 Å². The molecule has 0 aliphatic carbocycles. The summed E-state index contributed by atoms with van der Waals surface area (Å²) in [6, 6.07) is 9.43. The van der Waals surface area contributed by atoms with Crippen molar-refractivity contribution in [2.45, 2.75) is 11.3 Å². The molecule has 9 heteroatoms. The maximum Gasteiger partial charge on any atom is 0.348 e. The van der Waals surface area contributed by atoms with Crippen molar-refractivity contribution in [2.75, 3.05) is 13.2 Å². The highest BCUT2D eigenvalue weighted by Gasteiger charge is 2.11. The molecule has 1 aromatic heterocycles. The molecule has 0 atom stereocenters. The number of carbonyl (C=O) groups excluding carboxylic acids is 2. The lowest BCUT2D eigenvalue weighted by atomic mass is 10.1. The van der Waals surface area contributed by atoms with Crippen molar-refractivity contribution in [3.05, 3.63) is 52.2 Å². The Morgan fingerprint density at radius 1 is 1.17 bits per heavy atom. The van der Waals surface area contributed by atoms with Crippen molar-refractivity contribution >= 4 is 33.2 Å². The number of nitrogens with one attached hydrogen (secondary N) is 1. The van der Waals surface area contributed by atoms with Gasteiger partial charge in [-0.2, -0.15) is 0 Å². The molecule has 0 saturated carbocycles. The minimum absolute atomic E-state index is 0.0378. The molecule has 1 heterocycles. The number of thiophene rings is 1. The number of ether oxygens (including phenoxy) is 1. The van der Waals surface area contributed by atoms with E-state index in [9.17, 15) is 18.0 Å². The lowest BCUT2D eigenvalue weighted by molar-refractivity contribution is -0.124. The Balaban J connectivity index is 1.72. The summed E-state index contributed by atoms with van der Waals surface area (Å²) >= 11 is 1.24. The standard InChI is InChI=1S/C15H16N2O5S2/c16-24(20,21)12-5-3-11(4-6-12)7-8-17-14(18)10-22-15(19)13-2-1-9-23-13/h1-6,9H,7-8,10H2,(H,17,18)(H2,16,20,21). The number of esters is 1. The molecule has 0 unspecified atom stereocenters. The van der Waals surface area contributed by atoms with Gasteiger partial charge in [0.05, 0.1) is 4.90 Å². The zero-order valence-electron chi connectivity index (χ0n) is 12.6. The molecule has 128 valence electrons. The third kappa shape index (κ3) is 5.44. The fourth-order valence-electron chi connectivity index (χ4n) is 1.84. The molecule has 0 bridgehead atoms. The second kappa shape index (κ2) is 8.04. The van der Waals surface area contributed by atoms with Gasteiger partial charge in [-0.1, -0.05) is 18.2 Å². The Labute approximate surface area is 143 Å². The summed E-state index contributed by atoms with van der Waals surface area (Å²) in [5, 5.41) is 9.38. The maximum absolute atomic E-state index is 11.6. The number of nitrogens with two attached hydrogens (primary N) is 1. The number of amides is 1. The minimum Gasteiger partial charge on any atom is -0.451 e. The lowest BCUT2D eigenvalue weighted by Gasteiger charge is -2.06. The Morgan fingerprint density at radius 3 is 2.46 bits per heavy atom. The first-order valence-corrected chi connectivity index (χ1v) is 9.38. The molecular formula is C15H16N2O5S2. The largest absolute Gasteiger partial charge is 0.451 e. The van der Waals surface area contributed by atoms with E-state index in [0.29, 0.717) is 17.8 Å². The van der Waals surface area contributed by atoms with Gasteiger partial charge in [-0.25, -0.2) is 18.4 Å². The topological polar surface area (TPSA) is 116 Å². The smallest absolute Gasteiger partial charge is 0.348 e. The Morgan fingerprint density at radius 2 is 1.88 bits per heavy atom. The molecule has 1 aromatic carbocycles. The monoisotopic (exact) mass is 368 g/mol. The van der Waals surface area contributed by atoms with E-state index in [1.807, 2.05) is 0 Å². The van der Waals surface area contributed by atoms with E-state index in [-0.39, 0.29) is 11.5 Å². The maximum atomic E-state index is 11.6. The van der Waals surface area contributed by atoms with Crippen LogP contribution in [0.1, 0.15) is 15.2 Å². The van der Waals surface area contributed by atoms with Crippen molar-refractivity contribution in [3.8, 4) is 0 Å². The van der Waals surface area contributed by atoms with Gasteiger partial charge in [0.2, 0.25) is 10.0 Å². The van der Waals surface area contributed by atoms with Crippen LogP contribution >= 0.6 is 11.3 Å². The van der Waals surface area contributed by atoms with Gasteiger partial charge < -0.3 is 10.1 Å². The van der Waals surface area contributed by atoms with Crippen LogP contribution in [0.25, 0.3) is 0 Å². The van der Waals surface area contributed by atoms with Crippen LogP contribution in [0.4, 0.5) is 0 Å². The summed E-state index contributed by atoms with van der Waals surface area (Å²) in [6.45, 7) is -0.00873. The molecule has 0 aliphatic heterocycles. The van der Waals surface area contributed by atoms with Crippen LogP contribution in [0.5, 0.6) is 0 Å². The third-order valence-electron chi connectivity index (χ3n) is 3.04. The summed E-state index contributed by atoms with van der Waals surface area (Å²) in [5.41, 5.74) is 0.846. The highest BCUT2D eigenvalue weighted by molar-refractivity contribution is 7.89. The first-order chi connectivity index (χ1) is 11.4. The van der Waals surface area contributed by atoms with Crippen molar-refractivity contribution in [1.82, 2.24) is 5.32 Å². The number of primary sulfonamides is 1. The molecule has 0 aliphatic rings. The first-order valence-electron chi connectivity index (χ1n) is 6.95. The predicted octanol–water partition coefficient (Wildman–Crippen LogP) is 0.911. The van der Waals surface area contributed by atoms with Crippen LogP contribution < -0.4 is 10.5 Å². The normalized spacial score (nSPS) is 11.0. The van der Waals surface area contributed by atoms with E-state index >= 15 is 0 Å². The van der Waals surface area contributed by atoms with E-state index in [1.54, 1.807) is 29.6 Å². The molecule has 3 N–H and O–H groups in total. The molecule has 0 spiro atoms. The summed E-state index contributed by atoms with van der Waals surface area (Å²) < 4.78 is 27.2. The molecule has 2 rings (SSSR count). The molecule has 0 radical (unpaired) electrons. The number of rotatable bonds is 7. The molecular weight excluding hydrogens is 352 g/mol. The van der Waals surface area contributed by atoms with E-state index in [4.69, 9.17) is 9.88 Å². The second-order valence-electron chi connectivity index (χ2n) is 4.84. The third-order valence-corrected chi connectivity index (χ3v) is 4.82. The van der Waals surface area contributed by atoms with Gasteiger partial charge in [-0.05, 0) is 35.6 Å². The van der Waals surface area contributed by atoms with Gasteiger partial charge >= 0.3 is 5.97 Å². The average Bonchev–Trinajstić information content (AvgIpc) is 3.07. The summed E-state index contributed by atoms with van der Waals surface area (Å²) in [6.07, 6.45) is 0.509. The minimum atomic E-state index is -3.71. The van der Waals surface area contributed by atoms with Gasteiger partial charge in [0, 0.05) is 6.54 Å². The number of benzene rings is 1. The molecule has 2 aromatic rings. The fraction of sp³-hybridized carbons (Fsp3) is 0.200. The predicted molar refractivity (Wildman–Crippen MR) is 89.1 cm³/mol. The lowest BCUT2D eigenvalue weighted by Crippen LogP contribution is -2.30. The molecule has 0 fully saturated rings. The van der Waals surface area contributed by atoms with Gasteiger partial charge in [-0.3, -0.25) is 4.79 Å². The van der Waals surface area contributed by atoms with Crippen molar-refractivity contribution in [2.24, 2.45) is 5.14 Å². The summed E-state index contributed by atoms with van der Waals surface area (Å²) in [5.74, 6) is -0.931. The van der Waals surface area contributed by atoms with Crippen molar-refractivity contribution < 1.29 is 22.7 Å². The van der Waals surface area contributed by atoms with Crippen LogP contribution in [0.3, 0.4) is 0 Å². The van der Waals surface area contributed by atoms with Crippen LogP contribution in [0.15, 0.2) is 46.7 Å². The number of sulfonamides is 1. The zero-order valence-corrected chi connectivity index (χ0v) is 14.2. The highest BCUT2D eigenvalue weighted by Crippen LogP contribution is 2.10. The van der Waals surface area contributed by atoms with E-state index in [2.05, 4.69) is 5.32 Å². The SMILES string of the molecule is NS(=O)(=O)c1ccc(CCNC(=O)COC(=O)c2cccs2)cc1. The second-order valence-corrected chi connectivity index (χ2v) is 7.35. The Kier molecular flexibility index (Phi) is 6.07.